The van der Waals surface area contributed by atoms with Gasteiger partial charge in [0.2, 0.25) is 5.82 Å². The van der Waals surface area contributed by atoms with E-state index in [1.54, 1.807) is 6.92 Å². The molecule has 0 bridgehead atoms. The first-order valence-electron chi connectivity index (χ1n) is 4.06. The summed E-state index contributed by atoms with van der Waals surface area (Å²) in [5.74, 6) is -0.890. The number of nitrogens with zero attached hydrogens (tertiary/aromatic N) is 3. The van der Waals surface area contributed by atoms with Crippen LogP contribution >= 0.6 is 11.6 Å². The first-order valence-corrected chi connectivity index (χ1v) is 4.59. The van der Waals surface area contributed by atoms with Crippen molar-refractivity contribution in [3.05, 3.63) is 11.6 Å². The largest absolute Gasteiger partial charge is 0.451 e. The average Bonchev–Trinajstić information content (AvgIpc) is 2.47. The number of hydrogen-bond donors (Lipinski definition) is 0. The summed E-state index contributed by atoms with van der Waals surface area (Å²) < 4.78 is 38.1. The van der Waals surface area contributed by atoms with Crippen molar-refractivity contribution >= 4 is 11.6 Å². The highest BCUT2D eigenvalue weighted by Gasteiger charge is 2.37. The Labute approximate surface area is 83.9 Å². The van der Waals surface area contributed by atoms with Crippen LogP contribution in [0, 0.1) is 0 Å². The van der Waals surface area contributed by atoms with Gasteiger partial charge in [0.05, 0.1) is 5.88 Å². The Kier molecular flexibility index (Phi) is 3.36. The second-order valence-corrected chi connectivity index (χ2v) is 2.99. The van der Waals surface area contributed by atoms with E-state index in [1.807, 2.05) is 0 Å². The minimum absolute atomic E-state index is 0.0664. The van der Waals surface area contributed by atoms with Crippen LogP contribution in [0.25, 0.3) is 0 Å². The van der Waals surface area contributed by atoms with Crippen molar-refractivity contribution in [3.8, 4) is 0 Å². The Morgan fingerprint density at radius 3 is 2.43 bits per heavy atom. The second kappa shape index (κ2) is 4.16. The summed E-state index contributed by atoms with van der Waals surface area (Å²) in [4.78, 5) is 0. The quantitative estimate of drug-likeness (QED) is 0.743. The zero-order valence-electron chi connectivity index (χ0n) is 7.47. The van der Waals surface area contributed by atoms with Gasteiger partial charge in [-0.05, 0) is 6.42 Å². The van der Waals surface area contributed by atoms with E-state index < -0.39 is 12.0 Å². The van der Waals surface area contributed by atoms with Crippen molar-refractivity contribution in [3.63, 3.8) is 0 Å². The zero-order chi connectivity index (χ0) is 10.8. The lowest BCUT2D eigenvalue weighted by atomic mass is 10.4. The lowest BCUT2D eigenvalue weighted by molar-refractivity contribution is -0.147. The van der Waals surface area contributed by atoms with Crippen LogP contribution in [0.5, 0.6) is 0 Å². The molecule has 1 aromatic heterocycles. The normalized spacial score (nSPS) is 12.1. The Balaban J connectivity index is 3.10. The van der Waals surface area contributed by atoms with Crippen molar-refractivity contribution < 1.29 is 13.2 Å². The standard InChI is InChI=1S/C7H9ClF3N3/c1-2-3-14-5(4-8)12-13-6(14)7(9,10)11/h2-4H2,1H3. The van der Waals surface area contributed by atoms with E-state index >= 15 is 0 Å². The van der Waals surface area contributed by atoms with Gasteiger partial charge in [0.1, 0.15) is 5.82 Å². The Morgan fingerprint density at radius 2 is 2.00 bits per heavy atom. The molecule has 1 rings (SSSR count). The van der Waals surface area contributed by atoms with Gasteiger partial charge in [-0.15, -0.1) is 21.8 Å². The van der Waals surface area contributed by atoms with Gasteiger partial charge in [0.25, 0.3) is 0 Å². The molecule has 0 unspecified atom stereocenters. The maximum atomic E-state index is 12.4. The van der Waals surface area contributed by atoms with Crippen LogP contribution in [-0.2, 0) is 18.6 Å². The summed E-state index contributed by atoms with van der Waals surface area (Å²) in [5.41, 5.74) is 0. The molecule has 0 aliphatic carbocycles. The van der Waals surface area contributed by atoms with E-state index in [4.69, 9.17) is 11.6 Å². The maximum Gasteiger partial charge on any atom is 0.451 e. The first kappa shape index (κ1) is 11.3. The predicted octanol–water partition coefficient (Wildman–Crippen LogP) is 2.45. The van der Waals surface area contributed by atoms with Crippen LogP contribution in [0.2, 0.25) is 0 Å². The molecule has 1 heterocycles. The molecule has 1 aromatic rings. The highest BCUT2D eigenvalue weighted by atomic mass is 35.5. The lowest BCUT2D eigenvalue weighted by Crippen LogP contribution is -2.16. The fourth-order valence-electron chi connectivity index (χ4n) is 1.10. The smallest absolute Gasteiger partial charge is 0.306 e. The number of halogens is 4. The predicted molar refractivity (Wildman–Crippen MR) is 44.9 cm³/mol. The molecular weight excluding hydrogens is 219 g/mol. The lowest BCUT2D eigenvalue weighted by Gasteiger charge is -2.09. The molecule has 0 aliphatic heterocycles. The molecule has 0 aromatic carbocycles. The van der Waals surface area contributed by atoms with Gasteiger partial charge in [0.15, 0.2) is 0 Å². The molecule has 14 heavy (non-hydrogen) atoms. The molecule has 0 aliphatic rings. The summed E-state index contributed by atoms with van der Waals surface area (Å²) in [5, 5.41) is 6.46. The molecular formula is C7H9ClF3N3. The first-order chi connectivity index (χ1) is 6.50. The molecule has 0 fully saturated rings. The van der Waals surface area contributed by atoms with Crippen molar-refractivity contribution in [2.45, 2.75) is 31.9 Å². The van der Waals surface area contributed by atoms with Crippen molar-refractivity contribution in [2.75, 3.05) is 0 Å². The highest BCUT2D eigenvalue weighted by molar-refractivity contribution is 6.16. The van der Waals surface area contributed by atoms with Crippen LogP contribution < -0.4 is 0 Å². The van der Waals surface area contributed by atoms with E-state index in [0.717, 1.165) is 4.57 Å². The van der Waals surface area contributed by atoms with Gasteiger partial charge in [-0.3, -0.25) is 0 Å². The monoisotopic (exact) mass is 227 g/mol. The van der Waals surface area contributed by atoms with E-state index in [9.17, 15) is 13.2 Å². The van der Waals surface area contributed by atoms with Gasteiger partial charge in [0, 0.05) is 6.54 Å². The van der Waals surface area contributed by atoms with E-state index in [-0.39, 0.29) is 18.2 Å². The molecule has 80 valence electrons. The molecule has 0 saturated heterocycles. The summed E-state index contributed by atoms with van der Waals surface area (Å²) in [6.45, 7) is 2.00. The number of hydrogen-bond acceptors (Lipinski definition) is 2. The van der Waals surface area contributed by atoms with Gasteiger partial charge in [-0.1, -0.05) is 6.92 Å². The minimum atomic E-state index is -4.47. The molecule has 3 nitrogen and oxygen atoms in total. The Bertz CT molecular complexity index is 308. The molecule has 0 saturated carbocycles. The minimum Gasteiger partial charge on any atom is -0.306 e. The molecule has 0 atom stereocenters. The SMILES string of the molecule is CCCn1c(CCl)nnc1C(F)(F)F. The average molecular weight is 228 g/mol. The summed E-state index contributed by atoms with van der Waals surface area (Å²) >= 11 is 5.44. The topological polar surface area (TPSA) is 30.7 Å². The fourth-order valence-corrected chi connectivity index (χ4v) is 1.30. The number of aromatic nitrogens is 3. The molecule has 0 N–H and O–H groups in total. The summed E-state index contributed by atoms with van der Waals surface area (Å²) in [6, 6.07) is 0. The highest BCUT2D eigenvalue weighted by Crippen LogP contribution is 2.28. The van der Waals surface area contributed by atoms with Crippen LogP contribution in [-0.4, -0.2) is 14.8 Å². The van der Waals surface area contributed by atoms with Gasteiger partial charge < -0.3 is 4.57 Å². The third-order valence-electron chi connectivity index (χ3n) is 1.65. The van der Waals surface area contributed by atoms with Gasteiger partial charge >= 0.3 is 6.18 Å². The van der Waals surface area contributed by atoms with Crippen LogP contribution in [0.4, 0.5) is 13.2 Å². The van der Waals surface area contributed by atoms with Gasteiger partial charge in [-0.25, -0.2) is 0 Å². The van der Waals surface area contributed by atoms with Crippen molar-refractivity contribution in [1.29, 1.82) is 0 Å². The second-order valence-electron chi connectivity index (χ2n) is 2.72. The van der Waals surface area contributed by atoms with Crippen LogP contribution in [0.15, 0.2) is 0 Å². The van der Waals surface area contributed by atoms with Crippen LogP contribution in [0.3, 0.4) is 0 Å². The Morgan fingerprint density at radius 1 is 1.36 bits per heavy atom. The van der Waals surface area contributed by atoms with Crippen LogP contribution in [0.1, 0.15) is 25.0 Å². The fraction of sp³-hybridized carbons (Fsp3) is 0.714. The van der Waals surface area contributed by atoms with E-state index in [2.05, 4.69) is 10.2 Å². The maximum absolute atomic E-state index is 12.4. The molecule has 0 radical (unpaired) electrons. The number of alkyl halides is 4. The van der Waals surface area contributed by atoms with E-state index in [0.29, 0.717) is 6.42 Å². The third-order valence-corrected chi connectivity index (χ3v) is 1.89. The molecule has 0 spiro atoms. The molecule has 0 amide bonds. The van der Waals surface area contributed by atoms with Crippen molar-refractivity contribution in [2.24, 2.45) is 0 Å². The third kappa shape index (κ3) is 2.17. The molecule has 7 heteroatoms. The van der Waals surface area contributed by atoms with E-state index in [1.165, 1.54) is 0 Å². The summed E-state index contributed by atoms with van der Waals surface area (Å²) in [6.07, 6.45) is -3.89. The summed E-state index contributed by atoms with van der Waals surface area (Å²) in [7, 11) is 0. The Hall–Kier alpha value is -0.780. The van der Waals surface area contributed by atoms with Gasteiger partial charge in [-0.2, -0.15) is 13.2 Å². The van der Waals surface area contributed by atoms with Crippen molar-refractivity contribution in [1.82, 2.24) is 14.8 Å². The number of rotatable bonds is 3. The zero-order valence-corrected chi connectivity index (χ0v) is 8.23.